The van der Waals surface area contributed by atoms with Crippen molar-refractivity contribution in [2.24, 2.45) is 0 Å². The molecule has 3 rings (SSSR count). The number of hydrogen-bond acceptors (Lipinski definition) is 2. The molecule has 1 aliphatic heterocycles. The Bertz CT molecular complexity index is 793. The summed E-state index contributed by atoms with van der Waals surface area (Å²) >= 11 is 6.38. The lowest BCUT2D eigenvalue weighted by molar-refractivity contribution is -0.185. The maximum atomic E-state index is 12.7. The molecule has 0 saturated carbocycles. The Hall–Kier alpha value is -2.08. The Morgan fingerprint density at radius 1 is 1.15 bits per heavy atom. The number of aryl methyl sites for hydroxylation is 1. The largest absolute Gasteiger partial charge is 0.471 e. The third kappa shape index (κ3) is 4.18. The second-order valence-electron chi connectivity index (χ2n) is 6.31. The van der Waals surface area contributed by atoms with Crippen LogP contribution in [0.25, 0.3) is 0 Å². The first-order valence-electron chi connectivity index (χ1n) is 8.40. The van der Waals surface area contributed by atoms with Crippen LogP contribution in [0.1, 0.15) is 22.3 Å². The lowest BCUT2D eigenvalue weighted by atomic mass is 9.93. The van der Waals surface area contributed by atoms with Gasteiger partial charge in [0, 0.05) is 30.5 Å². The van der Waals surface area contributed by atoms with Gasteiger partial charge in [-0.3, -0.25) is 9.78 Å². The van der Waals surface area contributed by atoms with Crippen LogP contribution < -0.4 is 0 Å². The van der Waals surface area contributed by atoms with Crippen molar-refractivity contribution < 1.29 is 18.0 Å². The molecule has 7 heteroatoms. The average Bonchev–Trinajstić information content (AvgIpc) is 2.83. The molecule has 1 aromatic carbocycles. The Morgan fingerprint density at radius 2 is 1.92 bits per heavy atom. The maximum absolute atomic E-state index is 12.7. The summed E-state index contributed by atoms with van der Waals surface area (Å²) < 4.78 is 38.2. The zero-order valence-electron chi connectivity index (χ0n) is 14.0. The first kappa shape index (κ1) is 18.7. The van der Waals surface area contributed by atoms with Gasteiger partial charge in [0.1, 0.15) is 0 Å². The summed E-state index contributed by atoms with van der Waals surface area (Å²) in [5.41, 5.74) is 3.96. The van der Waals surface area contributed by atoms with E-state index in [9.17, 15) is 18.0 Å². The average molecular weight is 383 g/mol. The Balaban J connectivity index is 1.80. The fourth-order valence-corrected chi connectivity index (χ4v) is 3.61. The molecule has 3 nitrogen and oxygen atoms in total. The highest BCUT2D eigenvalue weighted by Gasteiger charge is 2.42. The first-order chi connectivity index (χ1) is 12.4. The normalized spacial score (nSPS) is 14.7. The van der Waals surface area contributed by atoms with Gasteiger partial charge >= 0.3 is 12.1 Å². The zero-order chi connectivity index (χ0) is 18.7. The summed E-state index contributed by atoms with van der Waals surface area (Å²) in [6.07, 6.45) is 0.859. The molecule has 26 heavy (non-hydrogen) atoms. The van der Waals surface area contributed by atoms with Crippen molar-refractivity contribution in [2.75, 3.05) is 13.1 Å². The highest BCUT2D eigenvalue weighted by atomic mass is 35.5. The summed E-state index contributed by atoms with van der Waals surface area (Å²) in [5.74, 6) is -1.77. The van der Waals surface area contributed by atoms with Gasteiger partial charge in [-0.15, -0.1) is 0 Å². The Labute approximate surface area is 154 Å². The number of rotatable bonds is 3. The van der Waals surface area contributed by atoms with Crippen LogP contribution in [0, 0.1) is 0 Å². The Kier molecular flexibility index (Phi) is 5.51. The molecule has 0 unspecified atom stereocenters. The number of nitrogens with zero attached hydrogens (tertiary/aromatic N) is 2. The van der Waals surface area contributed by atoms with Crippen LogP contribution >= 0.6 is 11.6 Å². The number of alkyl halides is 3. The fourth-order valence-electron chi connectivity index (χ4n) is 3.34. The lowest BCUT2D eigenvalue weighted by Gasteiger charge is -2.21. The fraction of sp³-hybridized carbons (Fsp3) is 0.368. The van der Waals surface area contributed by atoms with Crippen molar-refractivity contribution in [1.29, 1.82) is 0 Å². The number of fused-ring (bicyclic) bond motifs is 1. The van der Waals surface area contributed by atoms with E-state index >= 15 is 0 Å². The van der Waals surface area contributed by atoms with Crippen LogP contribution in [0.3, 0.4) is 0 Å². The summed E-state index contributed by atoms with van der Waals surface area (Å²) in [6.45, 7) is 0.112. The summed E-state index contributed by atoms with van der Waals surface area (Å²) in [4.78, 5) is 16.5. The van der Waals surface area contributed by atoms with E-state index in [4.69, 9.17) is 11.6 Å². The minimum atomic E-state index is -4.84. The molecule has 0 aliphatic carbocycles. The van der Waals surface area contributed by atoms with E-state index in [-0.39, 0.29) is 13.1 Å². The monoisotopic (exact) mass is 382 g/mol. The SMILES string of the molecule is O=C(N1CCc2ccc(Cl)c(CCc3cccnc3)c2CC1)C(F)(F)F. The van der Waals surface area contributed by atoms with Gasteiger partial charge < -0.3 is 4.90 Å². The molecule has 0 saturated heterocycles. The van der Waals surface area contributed by atoms with Gasteiger partial charge in [0.25, 0.3) is 0 Å². The third-order valence-electron chi connectivity index (χ3n) is 4.67. The van der Waals surface area contributed by atoms with E-state index in [1.807, 2.05) is 18.2 Å². The van der Waals surface area contributed by atoms with E-state index in [1.165, 1.54) is 0 Å². The number of aromatic nitrogens is 1. The number of hydrogen-bond donors (Lipinski definition) is 0. The molecule has 0 N–H and O–H groups in total. The highest BCUT2D eigenvalue weighted by molar-refractivity contribution is 6.31. The predicted octanol–water partition coefficient (Wildman–Crippen LogP) is 4.01. The van der Waals surface area contributed by atoms with Gasteiger partial charge in [-0.05, 0) is 60.1 Å². The smallest absolute Gasteiger partial charge is 0.334 e. The molecule has 0 radical (unpaired) electrons. The number of halogens is 4. The van der Waals surface area contributed by atoms with Crippen LogP contribution in [0.4, 0.5) is 13.2 Å². The molecule has 138 valence electrons. The van der Waals surface area contributed by atoms with E-state index < -0.39 is 12.1 Å². The van der Waals surface area contributed by atoms with Crippen molar-refractivity contribution in [1.82, 2.24) is 9.88 Å². The molecular formula is C19H18ClF3N2O. The molecule has 0 fully saturated rings. The van der Waals surface area contributed by atoms with Crippen LogP contribution in [-0.2, 0) is 30.5 Å². The van der Waals surface area contributed by atoms with Crippen molar-refractivity contribution in [2.45, 2.75) is 31.9 Å². The molecule has 2 aromatic rings. The minimum Gasteiger partial charge on any atom is -0.334 e. The number of carbonyl (C=O) groups excluding carboxylic acids is 1. The molecule has 0 spiro atoms. The minimum absolute atomic E-state index is 0.0472. The molecular weight excluding hydrogens is 365 g/mol. The summed E-state index contributed by atoms with van der Waals surface area (Å²) in [6, 6.07) is 7.49. The molecule has 1 aliphatic rings. The van der Waals surface area contributed by atoms with Crippen LogP contribution in [0.2, 0.25) is 5.02 Å². The number of benzene rings is 1. The van der Waals surface area contributed by atoms with Gasteiger partial charge in [0.2, 0.25) is 0 Å². The van der Waals surface area contributed by atoms with E-state index in [2.05, 4.69) is 4.98 Å². The van der Waals surface area contributed by atoms with Crippen LogP contribution in [0.5, 0.6) is 0 Å². The number of pyridine rings is 1. The molecule has 0 atom stereocenters. The molecule has 1 aromatic heterocycles. The summed E-state index contributed by atoms with van der Waals surface area (Å²) in [5, 5.41) is 0.614. The lowest BCUT2D eigenvalue weighted by Crippen LogP contribution is -2.42. The number of amides is 1. The maximum Gasteiger partial charge on any atom is 0.471 e. The molecule has 1 amide bonds. The van der Waals surface area contributed by atoms with Crippen LogP contribution in [-0.4, -0.2) is 35.1 Å². The van der Waals surface area contributed by atoms with Gasteiger partial charge in [-0.25, -0.2) is 0 Å². The van der Waals surface area contributed by atoms with Crippen molar-refractivity contribution in [3.63, 3.8) is 0 Å². The Morgan fingerprint density at radius 3 is 2.62 bits per heavy atom. The van der Waals surface area contributed by atoms with E-state index in [0.29, 0.717) is 24.3 Å². The second-order valence-corrected chi connectivity index (χ2v) is 6.72. The molecule has 0 bridgehead atoms. The zero-order valence-corrected chi connectivity index (χ0v) is 14.8. The topological polar surface area (TPSA) is 33.2 Å². The van der Waals surface area contributed by atoms with E-state index in [1.54, 1.807) is 18.5 Å². The third-order valence-corrected chi connectivity index (χ3v) is 5.02. The molecule has 2 heterocycles. The van der Waals surface area contributed by atoms with E-state index in [0.717, 1.165) is 33.6 Å². The summed E-state index contributed by atoms with van der Waals surface area (Å²) in [7, 11) is 0. The van der Waals surface area contributed by atoms with Gasteiger partial charge in [0.05, 0.1) is 0 Å². The number of carbonyl (C=O) groups is 1. The van der Waals surface area contributed by atoms with Gasteiger partial charge in [0.15, 0.2) is 0 Å². The first-order valence-corrected chi connectivity index (χ1v) is 8.78. The predicted molar refractivity (Wildman–Crippen MR) is 93.1 cm³/mol. The van der Waals surface area contributed by atoms with Crippen molar-refractivity contribution >= 4 is 17.5 Å². The van der Waals surface area contributed by atoms with Gasteiger partial charge in [-0.2, -0.15) is 13.2 Å². The van der Waals surface area contributed by atoms with Crippen molar-refractivity contribution in [3.8, 4) is 0 Å². The van der Waals surface area contributed by atoms with Crippen molar-refractivity contribution in [3.05, 3.63) is 63.9 Å². The quantitative estimate of drug-likeness (QED) is 0.803. The van der Waals surface area contributed by atoms with Crippen LogP contribution in [0.15, 0.2) is 36.7 Å². The second kappa shape index (κ2) is 7.66. The van der Waals surface area contributed by atoms with Gasteiger partial charge in [-0.1, -0.05) is 23.7 Å². The standard InChI is InChI=1S/C19H18ClF3N2O/c20-17-6-4-14-7-10-25(18(26)19(21,22)23)11-8-15(14)16(17)5-3-13-2-1-9-24-12-13/h1-2,4,6,9,12H,3,5,7-8,10-11H2. The highest BCUT2D eigenvalue weighted by Crippen LogP contribution is 2.29.